The largest absolute Gasteiger partial charge is 0.457 e. The fourth-order valence-corrected chi connectivity index (χ4v) is 2.48. The van der Waals surface area contributed by atoms with Gasteiger partial charge in [0.1, 0.15) is 11.5 Å². The van der Waals surface area contributed by atoms with Crippen molar-refractivity contribution in [1.29, 1.82) is 0 Å². The Morgan fingerprint density at radius 3 is 2.15 bits per heavy atom. The van der Waals surface area contributed by atoms with Gasteiger partial charge < -0.3 is 10.1 Å². The zero-order chi connectivity index (χ0) is 14.5. The van der Waals surface area contributed by atoms with E-state index in [0.29, 0.717) is 21.8 Å². The quantitative estimate of drug-likeness (QED) is 0.792. The minimum atomic E-state index is 0.328. The molecule has 0 fully saturated rings. The third kappa shape index (κ3) is 4.14. The Hall–Kier alpha value is -1.22. The molecule has 1 atom stereocenters. The van der Waals surface area contributed by atoms with Crippen molar-refractivity contribution in [2.45, 2.75) is 19.9 Å². The molecule has 0 aliphatic carbocycles. The van der Waals surface area contributed by atoms with Gasteiger partial charge >= 0.3 is 0 Å². The molecule has 0 aliphatic heterocycles. The third-order valence-corrected chi connectivity index (χ3v) is 3.40. The Kier molecular flexibility index (Phi) is 5.30. The molecule has 0 radical (unpaired) electrons. The van der Waals surface area contributed by atoms with E-state index in [0.717, 1.165) is 12.3 Å². The van der Waals surface area contributed by atoms with Crippen LogP contribution in [0, 0.1) is 0 Å². The number of hydrogen-bond donors (Lipinski definition) is 1. The predicted octanol–water partition coefficient (Wildman–Crippen LogP) is 5.46. The summed E-state index contributed by atoms with van der Waals surface area (Å²) in [5.74, 6) is 1.39. The maximum atomic E-state index is 5.95. The number of nitrogens with one attached hydrogen (secondary N) is 1. The average molecular weight is 310 g/mol. The summed E-state index contributed by atoms with van der Waals surface area (Å²) in [6.45, 7) is 5.17. The normalized spacial score (nSPS) is 12.2. The number of benzene rings is 2. The van der Waals surface area contributed by atoms with Crippen molar-refractivity contribution < 1.29 is 4.74 Å². The Balaban J connectivity index is 2.10. The average Bonchev–Trinajstić information content (AvgIpc) is 2.38. The highest BCUT2D eigenvalue weighted by Crippen LogP contribution is 2.28. The van der Waals surface area contributed by atoms with Crippen LogP contribution in [0.1, 0.15) is 25.5 Å². The molecule has 4 heteroatoms. The standard InChI is InChI=1S/C16H17Cl2NO/c1-3-19-11(2)12-4-6-15(7-5-12)20-16-9-13(17)8-14(18)10-16/h4-11,19H,3H2,1-2H3. The van der Waals surface area contributed by atoms with Gasteiger partial charge in [-0.15, -0.1) is 0 Å². The monoisotopic (exact) mass is 309 g/mol. The van der Waals surface area contributed by atoms with Gasteiger partial charge in [-0.25, -0.2) is 0 Å². The first-order chi connectivity index (χ1) is 9.58. The van der Waals surface area contributed by atoms with E-state index in [1.54, 1.807) is 18.2 Å². The van der Waals surface area contributed by atoms with Crippen LogP contribution in [0.15, 0.2) is 42.5 Å². The summed E-state index contributed by atoms with van der Waals surface area (Å²) in [4.78, 5) is 0. The number of rotatable bonds is 5. The molecule has 2 aromatic carbocycles. The number of halogens is 2. The summed E-state index contributed by atoms with van der Waals surface area (Å²) in [7, 11) is 0. The molecule has 0 spiro atoms. The summed E-state index contributed by atoms with van der Waals surface area (Å²) in [6.07, 6.45) is 0. The molecule has 0 saturated carbocycles. The van der Waals surface area contributed by atoms with Gasteiger partial charge in [-0.3, -0.25) is 0 Å². The first-order valence-electron chi connectivity index (χ1n) is 6.55. The summed E-state index contributed by atoms with van der Waals surface area (Å²) >= 11 is 11.9. The molecular weight excluding hydrogens is 293 g/mol. The van der Waals surface area contributed by atoms with E-state index in [1.807, 2.05) is 12.1 Å². The van der Waals surface area contributed by atoms with Crippen LogP contribution in [-0.2, 0) is 0 Å². The van der Waals surface area contributed by atoms with E-state index in [4.69, 9.17) is 27.9 Å². The van der Waals surface area contributed by atoms with E-state index >= 15 is 0 Å². The summed E-state index contributed by atoms with van der Waals surface area (Å²) in [6, 6.07) is 13.5. The lowest BCUT2D eigenvalue weighted by molar-refractivity contribution is 0.482. The predicted molar refractivity (Wildman–Crippen MR) is 85.1 cm³/mol. The highest BCUT2D eigenvalue weighted by atomic mass is 35.5. The fourth-order valence-electron chi connectivity index (χ4n) is 1.97. The molecule has 2 aromatic rings. The van der Waals surface area contributed by atoms with E-state index in [1.165, 1.54) is 5.56 Å². The Labute approximate surface area is 129 Å². The topological polar surface area (TPSA) is 21.3 Å². The summed E-state index contributed by atoms with van der Waals surface area (Å²) < 4.78 is 5.75. The molecule has 1 N–H and O–H groups in total. The molecule has 0 saturated heterocycles. The molecule has 0 heterocycles. The van der Waals surface area contributed by atoms with Crippen molar-refractivity contribution in [3.8, 4) is 11.5 Å². The molecule has 0 aromatic heterocycles. The van der Waals surface area contributed by atoms with Gasteiger partial charge in [-0.05, 0) is 49.4 Å². The minimum absolute atomic E-state index is 0.328. The van der Waals surface area contributed by atoms with Crippen LogP contribution in [0.5, 0.6) is 11.5 Å². The highest BCUT2D eigenvalue weighted by Gasteiger charge is 2.05. The molecule has 0 aliphatic rings. The smallest absolute Gasteiger partial charge is 0.130 e. The van der Waals surface area contributed by atoms with E-state index in [2.05, 4.69) is 31.3 Å². The Morgan fingerprint density at radius 2 is 1.60 bits per heavy atom. The zero-order valence-corrected chi connectivity index (χ0v) is 13.0. The Morgan fingerprint density at radius 1 is 1.00 bits per heavy atom. The molecule has 2 nitrogen and oxygen atoms in total. The zero-order valence-electron chi connectivity index (χ0n) is 11.5. The van der Waals surface area contributed by atoms with Crippen LogP contribution in [0.2, 0.25) is 10.0 Å². The van der Waals surface area contributed by atoms with Gasteiger partial charge in [0.2, 0.25) is 0 Å². The van der Waals surface area contributed by atoms with Crippen LogP contribution in [-0.4, -0.2) is 6.54 Å². The SMILES string of the molecule is CCNC(C)c1ccc(Oc2cc(Cl)cc(Cl)c2)cc1. The summed E-state index contributed by atoms with van der Waals surface area (Å²) in [5, 5.41) is 4.49. The second-order valence-corrected chi connectivity index (χ2v) is 5.43. The third-order valence-electron chi connectivity index (χ3n) is 2.96. The minimum Gasteiger partial charge on any atom is -0.457 e. The second kappa shape index (κ2) is 6.98. The molecule has 0 bridgehead atoms. The maximum absolute atomic E-state index is 5.95. The van der Waals surface area contributed by atoms with Crippen LogP contribution >= 0.6 is 23.2 Å². The molecule has 106 valence electrons. The molecular formula is C16H17Cl2NO. The van der Waals surface area contributed by atoms with Gasteiger partial charge in [-0.1, -0.05) is 42.3 Å². The fraction of sp³-hybridized carbons (Fsp3) is 0.250. The maximum Gasteiger partial charge on any atom is 0.130 e. The lowest BCUT2D eigenvalue weighted by Crippen LogP contribution is -2.17. The molecule has 1 unspecified atom stereocenters. The molecule has 2 rings (SSSR count). The van der Waals surface area contributed by atoms with Crippen molar-refractivity contribution in [3.63, 3.8) is 0 Å². The first kappa shape index (κ1) is 15.2. The highest BCUT2D eigenvalue weighted by molar-refractivity contribution is 6.34. The lowest BCUT2D eigenvalue weighted by atomic mass is 10.1. The summed E-state index contributed by atoms with van der Waals surface area (Å²) in [5.41, 5.74) is 1.23. The second-order valence-electron chi connectivity index (χ2n) is 4.56. The van der Waals surface area contributed by atoms with Crippen molar-refractivity contribution in [1.82, 2.24) is 5.32 Å². The van der Waals surface area contributed by atoms with E-state index in [9.17, 15) is 0 Å². The van der Waals surface area contributed by atoms with Crippen molar-refractivity contribution in [3.05, 3.63) is 58.1 Å². The van der Waals surface area contributed by atoms with Gasteiger partial charge in [0.15, 0.2) is 0 Å². The van der Waals surface area contributed by atoms with Gasteiger partial charge in [-0.2, -0.15) is 0 Å². The van der Waals surface area contributed by atoms with E-state index in [-0.39, 0.29) is 0 Å². The number of ether oxygens (including phenoxy) is 1. The van der Waals surface area contributed by atoms with Crippen molar-refractivity contribution in [2.24, 2.45) is 0 Å². The number of hydrogen-bond acceptors (Lipinski definition) is 2. The van der Waals surface area contributed by atoms with Crippen LogP contribution in [0.25, 0.3) is 0 Å². The van der Waals surface area contributed by atoms with Gasteiger partial charge in [0.05, 0.1) is 0 Å². The van der Waals surface area contributed by atoms with Crippen LogP contribution < -0.4 is 10.1 Å². The van der Waals surface area contributed by atoms with Gasteiger partial charge in [0, 0.05) is 16.1 Å². The molecule has 0 amide bonds. The lowest BCUT2D eigenvalue weighted by Gasteiger charge is -2.13. The van der Waals surface area contributed by atoms with Crippen molar-refractivity contribution >= 4 is 23.2 Å². The van der Waals surface area contributed by atoms with Crippen LogP contribution in [0.3, 0.4) is 0 Å². The molecule has 20 heavy (non-hydrogen) atoms. The van der Waals surface area contributed by atoms with Gasteiger partial charge in [0.25, 0.3) is 0 Å². The first-order valence-corrected chi connectivity index (χ1v) is 7.31. The van der Waals surface area contributed by atoms with E-state index < -0.39 is 0 Å². The van der Waals surface area contributed by atoms with Crippen LogP contribution in [0.4, 0.5) is 0 Å². The Bertz CT molecular complexity index is 549. The van der Waals surface area contributed by atoms with Crippen molar-refractivity contribution in [2.75, 3.05) is 6.54 Å².